The quantitative estimate of drug-likeness (QED) is 0.798. The van der Waals surface area contributed by atoms with E-state index < -0.39 is 0 Å². The predicted molar refractivity (Wildman–Crippen MR) is 69.3 cm³/mol. The molecule has 94 valence electrons. The lowest BCUT2D eigenvalue weighted by Crippen LogP contribution is -2.17. The molecule has 0 aliphatic carbocycles. The molecule has 1 aliphatic rings. The highest BCUT2D eigenvalue weighted by atomic mass is 16.5. The lowest BCUT2D eigenvalue weighted by atomic mass is 10.1. The van der Waals surface area contributed by atoms with Crippen LogP contribution in [-0.2, 0) is 11.2 Å². The maximum absolute atomic E-state index is 6.01. The van der Waals surface area contributed by atoms with E-state index in [-0.39, 0.29) is 6.10 Å². The van der Waals surface area contributed by atoms with Crippen LogP contribution < -0.4 is 10.5 Å². The summed E-state index contributed by atoms with van der Waals surface area (Å²) in [5.41, 5.74) is 7.97. The minimum absolute atomic E-state index is 0.167. The Labute approximate surface area is 103 Å². The molecule has 1 saturated heterocycles. The number of ether oxygens (including phenoxy) is 2. The van der Waals surface area contributed by atoms with E-state index in [0.717, 1.165) is 30.9 Å². The Balaban J connectivity index is 2.11. The van der Waals surface area contributed by atoms with Crippen LogP contribution in [0.5, 0.6) is 5.75 Å². The normalized spacial score (nSPS) is 19.5. The average Bonchev–Trinajstić information content (AvgIpc) is 2.83. The van der Waals surface area contributed by atoms with Crippen LogP contribution in [0, 0.1) is 0 Å². The lowest BCUT2D eigenvalue weighted by Gasteiger charge is -2.17. The van der Waals surface area contributed by atoms with Gasteiger partial charge in [0.1, 0.15) is 11.9 Å². The molecule has 0 aromatic heterocycles. The molecule has 3 nitrogen and oxygen atoms in total. The SMILES string of the molecule is CCCCc1cccc(N)c1OC1CCOC1. The minimum Gasteiger partial charge on any atom is -0.485 e. The summed E-state index contributed by atoms with van der Waals surface area (Å²) < 4.78 is 11.3. The number of anilines is 1. The molecule has 0 radical (unpaired) electrons. The van der Waals surface area contributed by atoms with Crippen LogP contribution in [0.1, 0.15) is 31.7 Å². The van der Waals surface area contributed by atoms with Gasteiger partial charge in [-0.25, -0.2) is 0 Å². The summed E-state index contributed by atoms with van der Waals surface area (Å²) in [6.07, 6.45) is 4.51. The molecular weight excluding hydrogens is 214 g/mol. The number of hydrogen-bond acceptors (Lipinski definition) is 3. The maximum Gasteiger partial charge on any atom is 0.145 e. The number of nitrogens with two attached hydrogens (primary N) is 1. The van der Waals surface area contributed by atoms with E-state index in [2.05, 4.69) is 13.0 Å². The first-order chi connectivity index (χ1) is 8.31. The van der Waals surface area contributed by atoms with Crippen LogP contribution in [0.4, 0.5) is 5.69 Å². The number of aryl methyl sites for hydroxylation is 1. The number of para-hydroxylation sites is 1. The van der Waals surface area contributed by atoms with Crippen LogP contribution in [0.3, 0.4) is 0 Å². The second kappa shape index (κ2) is 5.92. The smallest absolute Gasteiger partial charge is 0.145 e. The van der Waals surface area contributed by atoms with Gasteiger partial charge in [0.15, 0.2) is 0 Å². The number of unbranched alkanes of at least 4 members (excludes halogenated alkanes) is 1. The average molecular weight is 235 g/mol. The maximum atomic E-state index is 6.01. The van der Waals surface area contributed by atoms with Gasteiger partial charge in [0.2, 0.25) is 0 Å². The summed E-state index contributed by atoms with van der Waals surface area (Å²) in [6.45, 7) is 3.67. The molecular formula is C14H21NO2. The summed E-state index contributed by atoms with van der Waals surface area (Å²) in [5.74, 6) is 0.872. The number of hydrogen-bond donors (Lipinski definition) is 1. The van der Waals surface area contributed by atoms with Crippen molar-refractivity contribution >= 4 is 5.69 Å². The van der Waals surface area contributed by atoms with Gasteiger partial charge < -0.3 is 15.2 Å². The van der Waals surface area contributed by atoms with Crippen molar-refractivity contribution in [2.45, 2.75) is 38.7 Å². The fourth-order valence-electron chi connectivity index (χ4n) is 2.09. The Morgan fingerprint density at radius 3 is 3.06 bits per heavy atom. The zero-order valence-electron chi connectivity index (χ0n) is 10.4. The Hall–Kier alpha value is -1.22. The first-order valence-electron chi connectivity index (χ1n) is 6.43. The second-order valence-electron chi connectivity index (χ2n) is 4.54. The highest BCUT2D eigenvalue weighted by molar-refractivity contribution is 5.57. The molecule has 1 aromatic rings. The van der Waals surface area contributed by atoms with Crippen LogP contribution >= 0.6 is 0 Å². The minimum atomic E-state index is 0.167. The van der Waals surface area contributed by atoms with Gasteiger partial charge in [0.05, 0.1) is 18.9 Å². The molecule has 2 N–H and O–H groups in total. The van der Waals surface area contributed by atoms with E-state index in [4.69, 9.17) is 15.2 Å². The molecule has 1 fully saturated rings. The summed E-state index contributed by atoms with van der Waals surface area (Å²) in [5, 5.41) is 0. The number of rotatable bonds is 5. The van der Waals surface area contributed by atoms with Crippen molar-refractivity contribution in [3.8, 4) is 5.75 Å². The Kier molecular flexibility index (Phi) is 4.26. The third-order valence-electron chi connectivity index (χ3n) is 3.10. The highest BCUT2D eigenvalue weighted by Gasteiger charge is 2.19. The molecule has 1 aliphatic heterocycles. The zero-order chi connectivity index (χ0) is 12.1. The molecule has 3 heteroatoms. The van der Waals surface area contributed by atoms with E-state index in [1.165, 1.54) is 18.4 Å². The van der Waals surface area contributed by atoms with Crippen molar-refractivity contribution < 1.29 is 9.47 Å². The number of benzene rings is 1. The van der Waals surface area contributed by atoms with Crippen molar-refractivity contribution in [3.63, 3.8) is 0 Å². The Morgan fingerprint density at radius 2 is 2.35 bits per heavy atom. The molecule has 1 atom stereocenters. The first-order valence-corrected chi connectivity index (χ1v) is 6.43. The van der Waals surface area contributed by atoms with E-state index in [1.54, 1.807) is 0 Å². The van der Waals surface area contributed by atoms with Gasteiger partial charge in [-0.15, -0.1) is 0 Å². The van der Waals surface area contributed by atoms with E-state index in [9.17, 15) is 0 Å². The van der Waals surface area contributed by atoms with Gasteiger partial charge in [-0.1, -0.05) is 25.5 Å². The molecule has 0 bridgehead atoms. The van der Waals surface area contributed by atoms with Gasteiger partial charge >= 0.3 is 0 Å². The van der Waals surface area contributed by atoms with E-state index in [0.29, 0.717) is 6.61 Å². The van der Waals surface area contributed by atoms with E-state index in [1.807, 2.05) is 12.1 Å². The van der Waals surface area contributed by atoms with Gasteiger partial charge in [-0.3, -0.25) is 0 Å². The molecule has 0 amide bonds. The van der Waals surface area contributed by atoms with Crippen LogP contribution in [0.15, 0.2) is 18.2 Å². The molecule has 1 aromatic carbocycles. The highest BCUT2D eigenvalue weighted by Crippen LogP contribution is 2.30. The number of nitrogen functional groups attached to an aromatic ring is 1. The topological polar surface area (TPSA) is 44.5 Å². The van der Waals surface area contributed by atoms with Crippen LogP contribution in [0.2, 0.25) is 0 Å². The molecule has 2 rings (SSSR count). The van der Waals surface area contributed by atoms with Crippen molar-refractivity contribution in [2.75, 3.05) is 18.9 Å². The predicted octanol–water partition coefficient (Wildman–Crippen LogP) is 2.78. The lowest BCUT2D eigenvalue weighted by molar-refractivity contribution is 0.141. The fourth-order valence-corrected chi connectivity index (χ4v) is 2.09. The van der Waals surface area contributed by atoms with Crippen molar-refractivity contribution in [1.82, 2.24) is 0 Å². The van der Waals surface area contributed by atoms with E-state index >= 15 is 0 Å². The summed E-state index contributed by atoms with van der Waals surface area (Å²) in [4.78, 5) is 0. The van der Waals surface area contributed by atoms with Gasteiger partial charge in [-0.2, -0.15) is 0 Å². The molecule has 1 unspecified atom stereocenters. The Bertz CT molecular complexity index is 359. The van der Waals surface area contributed by atoms with Crippen molar-refractivity contribution in [3.05, 3.63) is 23.8 Å². The molecule has 17 heavy (non-hydrogen) atoms. The fraction of sp³-hybridized carbons (Fsp3) is 0.571. The molecule has 0 saturated carbocycles. The third kappa shape index (κ3) is 3.13. The Morgan fingerprint density at radius 1 is 1.47 bits per heavy atom. The first kappa shape index (κ1) is 12.2. The molecule has 1 heterocycles. The van der Waals surface area contributed by atoms with Gasteiger partial charge in [0.25, 0.3) is 0 Å². The summed E-state index contributed by atoms with van der Waals surface area (Å²) >= 11 is 0. The monoisotopic (exact) mass is 235 g/mol. The zero-order valence-corrected chi connectivity index (χ0v) is 10.4. The summed E-state index contributed by atoms with van der Waals surface area (Å²) in [6, 6.07) is 6.01. The summed E-state index contributed by atoms with van der Waals surface area (Å²) in [7, 11) is 0. The van der Waals surface area contributed by atoms with Crippen molar-refractivity contribution in [1.29, 1.82) is 0 Å². The largest absolute Gasteiger partial charge is 0.485 e. The van der Waals surface area contributed by atoms with Crippen LogP contribution in [0.25, 0.3) is 0 Å². The van der Waals surface area contributed by atoms with Crippen LogP contribution in [-0.4, -0.2) is 19.3 Å². The van der Waals surface area contributed by atoms with Gasteiger partial charge in [0, 0.05) is 6.42 Å². The standard InChI is InChI=1S/C14H21NO2/c1-2-3-5-11-6-4-7-13(15)14(11)17-12-8-9-16-10-12/h4,6-7,12H,2-3,5,8-10,15H2,1H3. The second-order valence-corrected chi connectivity index (χ2v) is 4.54. The molecule has 0 spiro atoms. The van der Waals surface area contributed by atoms with Crippen molar-refractivity contribution in [2.24, 2.45) is 0 Å². The third-order valence-corrected chi connectivity index (χ3v) is 3.10. The van der Waals surface area contributed by atoms with Gasteiger partial charge in [-0.05, 0) is 24.5 Å².